The molecule has 1 aliphatic rings. The highest BCUT2D eigenvalue weighted by molar-refractivity contribution is 6.30. The number of fused-ring (bicyclic) bond motifs is 1. The first-order valence-corrected chi connectivity index (χ1v) is 8.80. The Hall–Kier alpha value is -2.03. The highest BCUT2D eigenvalue weighted by Crippen LogP contribution is 2.38. The molecule has 2 aromatic carbocycles. The van der Waals surface area contributed by atoms with Crippen molar-refractivity contribution in [3.63, 3.8) is 0 Å². The molecule has 0 spiro atoms. The predicted molar refractivity (Wildman–Crippen MR) is 100 cm³/mol. The van der Waals surface area contributed by atoms with Gasteiger partial charge in [-0.3, -0.25) is 4.90 Å². The first-order chi connectivity index (χ1) is 11.7. The second-order valence-corrected chi connectivity index (χ2v) is 6.97. The molecule has 24 heavy (non-hydrogen) atoms. The molecule has 0 amide bonds. The predicted octanol–water partition coefficient (Wildman–Crippen LogP) is 5.11. The van der Waals surface area contributed by atoms with Crippen LogP contribution < -0.4 is 0 Å². The van der Waals surface area contributed by atoms with E-state index in [0.717, 1.165) is 24.4 Å². The van der Waals surface area contributed by atoms with E-state index in [4.69, 9.17) is 11.6 Å². The quantitative estimate of drug-likeness (QED) is 0.704. The van der Waals surface area contributed by atoms with Crippen LogP contribution in [0.3, 0.4) is 0 Å². The molecule has 0 fully saturated rings. The van der Waals surface area contributed by atoms with Gasteiger partial charge < -0.3 is 4.98 Å². The van der Waals surface area contributed by atoms with Crippen molar-refractivity contribution >= 4 is 11.6 Å². The van der Waals surface area contributed by atoms with Crippen molar-refractivity contribution in [2.24, 2.45) is 0 Å². The largest absolute Gasteiger partial charge is 0.364 e. The lowest BCUT2D eigenvalue weighted by Gasteiger charge is -2.34. The maximum atomic E-state index is 6.06. The van der Waals surface area contributed by atoms with Crippen LogP contribution in [0.25, 0.3) is 11.1 Å². The van der Waals surface area contributed by atoms with Gasteiger partial charge in [-0.25, -0.2) is 0 Å². The van der Waals surface area contributed by atoms with Crippen molar-refractivity contribution in [3.05, 3.63) is 82.6 Å². The summed E-state index contributed by atoms with van der Waals surface area (Å²) in [5.74, 6) is 0. The number of likely N-dealkylation sites (N-methyl/N-ethyl adjacent to an activating group) is 1. The number of halogens is 1. The number of aromatic nitrogens is 1. The SMILES string of the molecule is CN1CCc2[nH]cc(-c3ccc(Cl)cc3)c2C1Cc1ccccc1. The van der Waals surface area contributed by atoms with Crippen molar-refractivity contribution in [3.8, 4) is 11.1 Å². The third-order valence-corrected chi connectivity index (χ3v) is 5.26. The number of benzene rings is 2. The molecule has 1 N–H and O–H groups in total. The van der Waals surface area contributed by atoms with Gasteiger partial charge in [0.1, 0.15) is 0 Å². The van der Waals surface area contributed by atoms with Crippen LogP contribution in [-0.4, -0.2) is 23.5 Å². The topological polar surface area (TPSA) is 19.0 Å². The molecule has 1 atom stereocenters. The van der Waals surface area contributed by atoms with Crippen molar-refractivity contribution in [2.75, 3.05) is 13.6 Å². The molecule has 0 saturated heterocycles. The normalized spacial score (nSPS) is 17.7. The van der Waals surface area contributed by atoms with Crippen molar-refractivity contribution in [2.45, 2.75) is 18.9 Å². The zero-order valence-electron chi connectivity index (χ0n) is 13.8. The van der Waals surface area contributed by atoms with Crippen LogP contribution in [0.4, 0.5) is 0 Å². The molecule has 1 aliphatic heterocycles. The lowest BCUT2D eigenvalue weighted by atomic mass is 9.89. The molecule has 2 heterocycles. The molecule has 4 rings (SSSR count). The second kappa shape index (κ2) is 6.46. The van der Waals surface area contributed by atoms with Gasteiger partial charge in [0.15, 0.2) is 0 Å². The lowest BCUT2D eigenvalue weighted by molar-refractivity contribution is 0.229. The van der Waals surface area contributed by atoms with Gasteiger partial charge in [-0.05, 0) is 42.3 Å². The number of hydrogen-bond acceptors (Lipinski definition) is 1. The van der Waals surface area contributed by atoms with Crippen LogP contribution in [0.2, 0.25) is 5.02 Å². The van der Waals surface area contributed by atoms with E-state index in [0.29, 0.717) is 6.04 Å². The molecule has 122 valence electrons. The number of nitrogens with zero attached hydrogens (tertiary/aromatic N) is 1. The summed E-state index contributed by atoms with van der Waals surface area (Å²) in [4.78, 5) is 5.99. The number of rotatable bonds is 3. The van der Waals surface area contributed by atoms with E-state index in [-0.39, 0.29) is 0 Å². The summed E-state index contributed by atoms with van der Waals surface area (Å²) >= 11 is 6.06. The summed E-state index contributed by atoms with van der Waals surface area (Å²) < 4.78 is 0. The van der Waals surface area contributed by atoms with Crippen LogP contribution in [-0.2, 0) is 12.8 Å². The fourth-order valence-electron chi connectivity index (χ4n) is 3.69. The Morgan fingerprint density at radius 1 is 1.08 bits per heavy atom. The van der Waals surface area contributed by atoms with Crippen LogP contribution in [0, 0.1) is 0 Å². The number of hydrogen-bond donors (Lipinski definition) is 1. The fourth-order valence-corrected chi connectivity index (χ4v) is 3.82. The highest BCUT2D eigenvalue weighted by atomic mass is 35.5. The van der Waals surface area contributed by atoms with E-state index >= 15 is 0 Å². The van der Waals surface area contributed by atoms with E-state index in [1.54, 1.807) is 0 Å². The number of aromatic amines is 1. The Morgan fingerprint density at radius 3 is 2.58 bits per heavy atom. The van der Waals surface area contributed by atoms with Crippen LogP contribution >= 0.6 is 11.6 Å². The Labute approximate surface area is 148 Å². The van der Waals surface area contributed by atoms with E-state index in [1.165, 1.54) is 27.9 Å². The molecule has 0 bridgehead atoms. The van der Waals surface area contributed by atoms with Crippen molar-refractivity contribution in [1.82, 2.24) is 9.88 Å². The summed E-state index contributed by atoms with van der Waals surface area (Å²) in [5, 5.41) is 0.779. The van der Waals surface area contributed by atoms with Crippen LogP contribution in [0.1, 0.15) is 22.9 Å². The minimum atomic E-state index is 0.396. The molecule has 2 nitrogen and oxygen atoms in total. The van der Waals surface area contributed by atoms with Gasteiger partial charge in [-0.2, -0.15) is 0 Å². The fraction of sp³-hybridized carbons (Fsp3) is 0.238. The van der Waals surface area contributed by atoms with Gasteiger partial charge in [0, 0.05) is 41.5 Å². The Balaban J connectivity index is 1.75. The van der Waals surface area contributed by atoms with E-state index in [2.05, 4.69) is 65.6 Å². The summed E-state index contributed by atoms with van der Waals surface area (Å²) in [6, 6.07) is 19.3. The van der Waals surface area contributed by atoms with Gasteiger partial charge in [0.2, 0.25) is 0 Å². The van der Waals surface area contributed by atoms with E-state index < -0.39 is 0 Å². The molecule has 1 unspecified atom stereocenters. The molecule has 3 aromatic rings. The van der Waals surface area contributed by atoms with E-state index in [1.807, 2.05) is 12.1 Å². The average molecular weight is 337 g/mol. The maximum Gasteiger partial charge on any atom is 0.0409 e. The second-order valence-electron chi connectivity index (χ2n) is 6.54. The van der Waals surface area contributed by atoms with Gasteiger partial charge in [-0.15, -0.1) is 0 Å². The average Bonchev–Trinajstić information content (AvgIpc) is 3.03. The third-order valence-electron chi connectivity index (χ3n) is 5.01. The minimum Gasteiger partial charge on any atom is -0.364 e. The van der Waals surface area contributed by atoms with Gasteiger partial charge >= 0.3 is 0 Å². The molecule has 3 heteroatoms. The molecule has 0 aliphatic carbocycles. The molecular weight excluding hydrogens is 316 g/mol. The van der Waals surface area contributed by atoms with Gasteiger partial charge in [-0.1, -0.05) is 54.1 Å². The van der Waals surface area contributed by atoms with Crippen molar-refractivity contribution in [1.29, 1.82) is 0 Å². The summed E-state index contributed by atoms with van der Waals surface area (Å²) in [6.45, 7) is 1.09. The first-order valence-electron chi connectivity index (χ1n) is 8.42. The molecule has 0 radical (unpaired) electrons. The monoisotopic (exact) mass is 336 g/mol. The number of nitrogens with one attached hydrogen (secondary N) is 1. The highest BCUT2D eigenvalue weighted by Gasteiger charge is 2.29. The maximum absolute atomic E-state index is 6.06. The Kier molecular flexibility index (Phi) is 4.17. The molecule has 1 aromatic heterocycles. The van der Waals surface area contributed by atoms with Gasteiger partial charge in [0.25, 0.3) is 0 Å². The lowest BCUT2D eigenvalue weighted by Crippen LogP contribution is -2.33. The Morgan fingerprint density at radius 2 is 1.83 bits per heavy atom. The van der Waals surface area contributed by atoms with Gasteiger partial charge in [0.05, 0.1) is 0 Å². The third kappa shape index (κ3) is 2.88. The van der Waals surface area contributed by atoms with E-state index in [9.17, 15) is 0 Å². The molecular formula is C21H21ClN2. The minimum absolute atomic E-state index is 0.396. The molecule has 0 saturated carbocycles. The zero-order chi connectivity index (χ0) is 16.5. The van der Waals surface area contributed by atoms with Crippen LogP contribution in [0.5, 0.6) is 0 Å². The number of H-pyrrole nitrogens is 1. The summed E-state index contributed by atoms with van der Waals surface area (Å²) in [6.07, 6.45) is 4.26. The summed E-state index contributed by atoms with van der Waals surface area (Å²) in [7, 11) is 2.23. The zero-order valence-corrected chi connectivity index (χ0v) is 14.6. The van der Waals surface area contributed by atoms with Crippen molar-refractivity contribution < 1.29 is 0 Å². The summed E-state index contributed by atoms with van der Waals surface area (Å²) in [5.41, 5.74) is 6.72. The van der Waals surface area contributed by atoms with Crippen LogP contribution in [0.15, 0.2) is 60.8 Å². The smallest absolute Gasteiger partial charge is 0.0409 e. The standard InChI is InChI=1S/C21H21ClN2/c1-24-12-11-19-21(20(24)13-15-5-3-2-4-6-15)18(14-23-19)16-7-9-17(22)10-8-16/h2-10,14,20,23H,11-13H2,1H3. The first kappa shape index (κ1) is 15.5. The Bertz CT molecular complexity index is 821.